The van der Waals surface area contributed by atoms with Gasteiger partial charge in [0.1, 0.15) is 5.01 Å². The van der Waals surface area contributed by atoms with Gasteiger partial charge in [0.25, 0.3) is 0 Å². The van der Waals surface area contributed by atoms with Gasteiger partial charge in [-0.3, -0.25) is 0 Å². The Morgan fingerprint density at radius 2 is 2.15 bits per heavy atom. The maximum absolute atomic E-state index is 8.90. The summed E-state index contributed by atoms with van der Waals surface area (Å²) in [6.45, 7) is 7.04. The summed E-state index contributed by atoms with van der Waals surface area (Å²) in [4.78, 5) is 4.62. The third-order valence-corrected chi connectivity index (χ3v) is 4.02. The van der Waals surface area contributed by atoms with E-state index in [-0.39, 0.29) is 5.41 Å². The molecule has 104 valence electrons. The predicted octanol–water partition coefficient (Wildman–Crippen LogP) is 4.58. The summed E-state index contributed by atoms with van der Waals surface area (Å²) in [7, 11) is 0. The molecule has 0 aliphatic rings. The Labute approximate surface area is 128 Å². The molecule has 0 saturated heterocycles. The van der Waals surface area contributed by atoms with Crippen LogP contribution in [-0.2, 0) is 12.0 Å². The van der Waals surface area contributed by atoms with Gasteiger partial charge in [-0.15, -0.1) is 11.3 Å². The molecule has 0 saturated carbocycles. The molecule has 0 aliphatic carbocycles. The fraction of sp³-hybridized carbons (Fsp3) is 0.333. The number of anilines is 1. The molecule has 5 heteroatoms. The summed E-state index contributed by atoms with van der Waals surface area (Å²) < 4.78 is 0. The van der Waals surface area contributed by atoms with Gasteiger partial charge >= 0.3 is 0 Å². The Morgan fingerprint density at radius 1 is 1.40 bits per heavy atom. The second kappa shape index (κ2) is 5.82. The van der Waals surface area contributed by atoms with Crippen LogP contribution in [0.15, 0.2) is 23.6 Å². The third kappa shape index (κ3) is 3.50. The van der Waals surface area contributed by atoms with Crippen molar-refractivity contribution in [2.45, 2.75) is 32.7 Å². The van der Waals surface area contributed by atoms with Gasteiger partial charge in [0.2, 0.25) is 0 Å². The lowest BCUT2D eigenvalue weighted by Gasteiger charge is -2.14. The molecule has 1 aromatic carbocycles. The van der Waals surface area contributed by atoms with Crippen LogP contribution in [0.5, 0.6) is 0 Å². The van der Waals surface area contributed by atoms with Crippen molar-refractivity contribution in [1.82, 2.24) is 4.98 Å². The van der Waals surface area contributed by atoms with E-state index in [4.69, 9.17) is 16.9 Å². The van der Waals surface area contributed by atoms with Gasteiger partial charge in [0.15, 0.2) is 0 Å². The van der Waals surface area contributed by atoms with Crippen molar-refractivity contribution in [3.63, 3.8) is 0 Å². The molecule has 3 nitrogen and oxygen atoms in total. The molecule has 1 N–H and O–H groups in total. The molecule has 0 aliphatic heterocycles. The minimum absolute atomic E-state index is 0.0626. The number of hydrogen-bond donors (Lipinski definition) is 1. The van der Waals surface area contributed by atoms with E-state index in [1.54, 1.807) is 29.5 Å². The topological polar surface area (TPSA) is 48.7 Å². The van der Waals surface area contributed by atoms with Crippen molar-refractivity contribution < 1.29 is 0 Å². The van der Waals surface area contributed by atoms with Crippen LogP contribution < -0.4 is 5.32 Å². The van der Waals surface area contributed by atoms with Crippen LogP contribution in [0.2, 0.25) is 5.02 Å². The van der Waals surface area contributed by atoms with E-state index in [1.165, 1.54) is 0 Å². The molecule has 1 aromatic heterocycles. The molecule has 20 heavy (non-hydrogen) atoms. The highest BCUT2D eigenvalue weighted by Crippen LogP contribution is 2.26. The fourth-order valence-electron chi connectivity index (χ4n) is 1.64. The smallest absolute Gasteiger partial charge is 0.112 e. The molecular formula is C15H16ClN3S. The summed E-state index contributed by atoms with van der Waals surface area (Å²) >= 11 is 7.74. The van der Waals surface area contributed by atoms with Crippen molar-refractivity contribution in [2.75, 3.05) is 5.32 Å². The van der Waals surface area contributed by atoms with Gasteiger partial charge in [0.05, 0.1) is 34.6 Å². The zero-order chi connectivity index (χ0) is 14.8. The van der Waals surface area contributed by atoms with E-state index < -0.39 is 0 Å². The minimum Gasteiger partial charge on any atom is -0.377 e. The number of aromatic nitrogens is 1. The van der Waals surface area contributed by atoms with Gasteiger partial charge < -0.3 is 5.32 Å². The van der Waals surface area contributed by atoms with Gasteiger partial charge in [-0.25, -0.2) is 4.98 Å². The first-order valence-corrected chi connectivity index (χ1v) is 7.54. The van der Waals surface area contributed by atoms with E-state index in [9.17, 15) is 0 Å². The second-order valence-corrected chi connectivity index (χ2v) is 6.89. The normalized spacial score (nSPS) is 11.2. The Balaban J connectivity index is 2.09. The minimum atomic E-state index is 0.0626. The molecule has 2 aromatic rings. The molecule has 0 unspecified atom stereocenters. The van der Waals surface area contributed by atoms with Crippen LogP contribution in [0.4, 0.5) is 5.69 Å². The van der Waals surface area contributed by atoms with Gasteiger partial charge in [-0.05, 0) is 18.2 Å². The van der Waals surface area contributed by atoms with Crippen molar-refractivity contribution in [3.05, 3.63) is 44.9 Å². The number of rotatable bonds is 3. The summed E-state index contributed by atoms with van der Waals surface area (Å²) in [6, 6.07) is 7.29. The van der Waals surface area contributed by atoms with Gasteiger partial charge in [-0.2, -0.15) is 5.26 Å². The number of benzene rings is 1. The summed E-state index contributed by atoms with van der Waals surface area (Å²) in [5.74, 6) is 0. The fourth-order valence-corrected chi connectivity index (χ4v) is 2.78. The second-order valence-electron chi connectivity index (χ2n) is 5.54. The molecule has 0 radical (unpaired) electrons. The quantitative estimate of drug-likeness (QED) is 0.903. The Bertz CT molecular complexity index is 650. The van der Waals surface area contributed by atoms with Crippen LogP contribution in [0.1, 0.15) is 37.0 Å². The predicted molar refractivity (Wildman–Crippen MR) is 84.3 cm³/mol. The monoisotopic (exact) mass is 305 g/mol. The number of nitrogens with one attached hydrogen (secondary N) is 1. The van der Waals surface area contributed by atoms with E-state index in [0.29, 0.717) is 17.1 Å². The first-order valence-electron chi connectivity index (χ1n) is 6.28. The zero-order valence-electron chi connectivity index (χ0n) is 11.7. The number of thiazole rings is 1. The van der Waals surface area contributed by atoms with Gasteiger partial charge in [0, 0.05) is 10.8 Å². The van der Waals surface area contributed by atoms with E-state index in [0.717, 1.165) is 16.4 Å². The first kappa shape index (κ1) is 14.8. The molecule has 0 spiro atoms. The molecule has 1 heterocycles. The van der Waals surface area contributed by atoms with Crippen LogP contribution in [-0.4, -0.2) is 4.98 Å². The number of halogens is 1. The molecule has 0 atom stereocenters. The standard InChI is InChI=1S/C15H16ClN3S/c1-15(2,3)13-9-20-14(19-13)8-18-12-6-10(7-17)4-5-11(12)16/h4-6,9,18H,8H2,1-3H3. The first-order chi connectivity index (χ1) is 9.40. The molecule has 0 fully saturated rings. The average molecular weight is 306 g/mol. The summed E-state index contributed by atoms with van der Waals surface area (Å²) in [6.07, 6.45) is 0. The van der Waals surface area contributed by atoms with Crippen LogP contribution >= 0.6 is 22.9 Å². The van der Waals surface area contributed by atoms with Gasteiger partial charge in [-0.1, -0.05) is 32.4 Å². The highest BCUT2D eigenvalue weighted by molar-refractivity contribution is 7.09. The Morgan fingerprint density at radius 3 is 2.75 bits per heavy atom. The van der Waals surface area contributed by atoms with Crippen molar-refractivity contribution in [3.8, 4) is 6.07 Å². The average Bonchev–Trinajstić information content (AvgIpc) is 2.86. The maximum atomic E-state index is 8.90. The van der Waals surface area contributed by atoms with Crippen molar-refractivity contribution in [1.29, 1.82) is 5.26 Å². The molecule has 0 bridgehead atoms. The van der Waals surface area contributed by atoms with Crippen molar-refractivity contribution in [2.24, 2.45) is 0 Å². The highest BCUT2D eigenvalue weighted by Gasteiger charge is 2.17. The Hall–Kier alpha value is -1.57. The number of nitrogens with zero attached hydrogens (tertiary/aromatic N) is 2. The Kier molecular flexibility index (Phi) is 4.32. The van der Waals surface area contributed by atoms with E-state index >= 15 is 0 Å². The number of hydrogen-bond acceptors (Lipinski definition) is 4. The largest absolute Gasteiger partial charge is 0.377 e. The molecule has 0 amide bonds. The lowest BCUT2D eigenvalue weighted by Crippen LogP contribution is -2.11. The highest BCUT2D eigenvalue weighted by atomic mass is 35.5. The van der Waals surface area contributed by atoms with E-state index in [1.807, 2.05) is 0 Å². The van der Waals surface area contributed by atoms with Crippen molar-refractivity contribution >= 4 is 28.6 Å². The van der Waals surface area contributed by atoms with Crippen LogP contribution in [0.3, 0.4) is 0 Å². The third-order valence-electron chi connectivity index (χ3n) is 2.85. The lowest BCUT2D eigenvalue weighted by molar-refractivity contribution is 0.571. The number of nitriles is 1. The van der Waals surface area contributed by atoms with Crippen LogP contribution in [0, 0.1) is 11.3 Å². The molecule has 2 rings (SSSR count). The van der Waals surface area contributed by atoms with Crippen LogP contribution in [0.25, 0.3) is 0 Å². The summed E-state index contributed by atoms with van der Waals surface area (Å²) in [5.41, 5.74) is 2.51. The molecular weight excluding hydrogens is 290 g/mol. The maximum Gasteiger partial charge on any atom is 0.112 e. The zero-order valence-corrected chi connectivity index (χ0v) is 13.3. The van der Waals surface area contributed by atoms with E-state index in [2.05, 4.69) is 42.5 Å². The summed E-state index contributed by atoms with van der Waals surface area (Å²) in [5, 5.41) is 15.8. The SMILES string of the molecule is CC(C)(C)c1csc(CNc2cc(C#N)ccc2Cl)n1. The lowest BCUT2D eigenvalue weighted by atomic mass is 9.93.